The number of fused-ring (bicyclic) bond motifs is 1. The molecule has 1 N–H and O–H groups in total. The van der Waals surface area contributed by atoms with Crippen molar-refractivity contribution in [2.45, 2.75) is 33.1 Å². The normalized spacial score (nSPS) is 14.0. The summed E-state index contributed by atoms with van der Waals surface area (Å²) >= 11 is 0. The summed E-state index contributed by atoms with van der Waals surface area (Å²) in [4.78, 5) is 4.32. The predicted molar refractivity (Wildman–Crippen MR) is 107 cm³/mol. The molecule has 0 atom stereocenters. The number of halogens is 1. The maximum absolute atomic E-state index is 13.5. The molecule has 0 spiro atoms. The minimum atomic E-state index is -0.0363. The van der Waals surface area contributed by atoms with E-state index >= 15 is 0 Å². The molecule has 1 aromatic carbocycles. The van der Waals surface area contributed by atoms with Crippen LogP contribution in [0, 0.1) is 0 Å². The van der Waals surface area contributed by atoms with E-state index in [-0.39, 0.29) is 5.83 Å². The largest absolute Gasteiger partial charge is 0.320 e. The second-order valence-electron chi connectivity index (χ2n) is 6.26. The number of pyridine rings is 1. The summed E-state index contributed by atoms with van der Waals surface area (Å²) in [5.41, 5.74) is 4.16. The molecule has 0 aliphatic heterocycles. The van der Waals surface area contributed by atoms with Crippen molar-refractivity contribution >= 4 is 22.4 Å². The summed E-state index contributed by atoms with van der Waals surface area (Å²) in [5.74, 6) is -0.0363. The van der Waals surface area contributed by atoms with E-state index in [2.05, 4.69) is 42.9 Å². The van der Waals surface area contributed by atoms with Crippen LogP contribution in [0.15, 0.2) is 54.5 Å². The second-order valence-corrected chi connectivity index (χ2v) is 6.26. The third-order valence-electron chi connectivity index (χ3n) is 4.26. The van der Waals surface area contributed by atoms with Crippen LogP contribution in [0.2, 0.25) is 0 Å². The average Bonchev–Trinajstić information content (AvgIpc) is 2.64. The number of benzene rings is 1. The smallest absolute Gasteiger partial charge is 0.101 e. The highest BCUT2D eigenvalue weighted by Gasteiger charge is 2.12. The molecule has 0 unspecified atom stereocenters. The lowest BCUT2D eigenvalue weighted by molar-refractivity contribution is 0.584. The Hall–Kier alpha value is -2.26. The number of aromatic nitrogens is 1. The molecule has 132 valence electrons. The Morgan fingerprint density at radius 2 is 2.04 bits per heavy atom. The quantitative estimate of drug-likeness (QED) is 0.749. The monoisotopic (exact) mass is 338 g/mol. The highest BCUT2D eigenvalue weighted by molar-refractivity contribution is 5.89. The Bertz CT molecular complexity index is 801. The summed E-state index contributed by atoms with van der Waals surface area (Å²) in [6.07, 6.45) is 7.78. The maximum Gasteiger partial charge on any atom is 0.101 e. The lowest BCUT2D eigenvalue weighted by Crippen LogP contribution is -2.04. The molecule has 0 fully saturated rings. The van der Waals surface area contributed by atoms with Gasteiger partial charge in [-0.25, -0.2) is 4.39 Å². The van der Waals surface area contributed by atoms with Gasteiger partial charge in [0.25, 0.3) is 0 Å². The summed E-state index contributed by atoms with van der Waals surface area (Å²) < 4.78 is 13.5. The average molecular weight is 338 g/mol. The molecule has 1 heterocycles. The number of hydrogen-bond donors (Lipinski definition) is 1. The Labute approximate surface area is 150 Å². The number of rotatable bonds is 4. The zero-order chi connectivity index (χ0) is 18.2. The molecule has 1 aromatic heterocycles. The van der Waals surface area contributed by atoms with Crippen molar-refractivity contribution in [3.8, 4) is 0 Å². The van der Waals surface area contributed by atoms with Gasteiger partial charge < -0.3 is 5.32 Å². The Kier molecular flexibility index (Phi) is 7.08. The van der Waals surface area contributed by atoms with Gasteiger partial charge in [0.15, 0.2) is 0 Å². The van der Waals surface area contributed by atoms with Crippen LogP contribution in [-0.4, -0.2) is 18.6 Å². The molecule has 2 nitrogen and oxygen atoms in total. The van der Waals surface area contributed by atoms with Crippen LogP contribution in [0.4, 0.5) is 4.39 Å². The minimum Gasteiger partial charge on any atom is -0.320 e. The molecular weight excluding hydrogens is 311 g/mol. The summed E-state index contributed by atoms with van der Waals surface area (Å²) in [6, 6.07) is 8.18. The molecule has 3 heteroatoms. The summed E-state index contributed by atoms with van der Waals surface area (Å²) in [5, 5.41) is 5.20. The molecule has 0 saturated carbocycles. The van der Waals surface area contributed by atoms with Gasteiger partial charge in [-0.05, 0) is 74.2 Å². The molecule has 25 heavy (non-hydrogen) atoms. The van der Waals surface area contributed by atoms with Gasteiger partial charge in [-0.2, -0.15) is 0 Å². The van der Waals surface area contributed by atoms with E-state index in [0.29, 0.717) is 6.42 Å². The SMILES string of the molecule is C=Cc1cc2ccc(C3=C(C)CCC(F)=C3)cc2cn1.CCCNC. The highest BCUT2D eigenvalue weighted by atomic mass is 19.1. The van der Waals surface area contributed by atoms with Gasteiger partial charge in [0.05, 0.1) is 5.69 Å². The lowest BCUT2D eigenvalue weighted by Gasteiger charge is -2.15. The topological polar surface area (TPSA) is 24.9 Å². The van der Waals surface area contributed by atoms with Gasteiger partial charge in [-0.3, -0.25) is 4.98 Å². The van der Waals surface area contributed by atoms with E-state index in [0.717, 1.165) is 40.6 Å². The fourth-order valence-electron chi connectivity index (χ4n) is 2.81. The fraction of sp³-hybridized carbons (Fsp3) is 0.318. The summed E-state index contributed by atoms with van der Waals surface area (Å²) in [6.45, 7) is 9.09. The second kappa shape index (κ2) is 9.28. The van der Waals surface area contributed by atoms with Gasteiger partial charge in [-0.1, -0.05) is 31.2 Å². The first kappa shape index (κ1) is 19.1. The van der Waals surface area contributed by atoms with Crippen molar-refractivity contribution < 1.29 is 4.39 Å². The van der Waals surface area contributed by atoms with E-state index in [1.54, 1.807) is 12.2 Å². The van der Waals surface area contributed by atoms with E-state index in [1.807, 2.05) is 25.4 Å². The zero-order valence-corrected chi connectivity index (χ0v) is 15.4. The molecule has 0 bridgehead atoms. The molecular formula is C22H27FN2. The third-order valence-corrected chi connectivity index (χ3v) is 4.26. The Balaban J connectivity index is 0.000000399. The molecule has 3 rings (SSSR count). The Morgan fingerprint density at radius 3 is 2.68 bits per heavy atom. The van der Waals surface area contributed by atoms with Crippen LogP contribution in [0.5, 0.6) is 0 Å². The molecule has 1 aliphatic rings. The fourth-order valence-corrected chi connectivity index (χ4v) is 2.81. The number of nitrogens with one attached hydrogen (secondary N) is 1. The van der Waals surface area contributed by atoms with E-state index in [1.165, 1.54) is 12.0 Å². The van der Waals surface area contributed by atoms with Gasteiger partial charge in [0, 0.05) is 18.0 Å². The van der Waals surface area contributed by atoms with Gasteiger partial charge in [0.2, 0.25) is 0 Å². The van der Waals surface area contributed by atoms with Crippen LogP contribution >= 0.6 is 0 Å². The zero-order valence-electron chi connectivity index (χ0n) is 15.4. The van der Waals surface area contributed by atoms with Gasteiger partial charge in [-0.15, -0.1) is 0 Å². The van der Waals surface area contributed by atoms with Crippen LogP contribution in [0.1, 0.15) is 44.4 Å². The van der Waals surface area contributed by atoms with E-state index < -0.39 is 0 Å². The standard InChI is InChI=1S/C18H16FN.C4H11N/c1-3-17-9-13-5-6-14(8-15(13)11-20-17)18-10-16(19)7-4-12(18)2;1-3-4-5-2/h3,5-6,8-11H,1,4,7H2,2H3;5H,3-4H2,1-2H3. The number of nitrogens with zero attached hydrogens (tertiary/aromatic N) is 1. The van der Waals surface area contributed by atoms with Gasteiger partial charge >= 0.3 is 0 Å². The highest BCUT2D eigenvalue weighted by Crippen LogP contribution is 2.32. The van der Waals surface area contributed by atoms with Crippen LogP contribution < -0.4 is 5.32 Å². The molecule has 0 saturated heterocycles. The summed E-state index contributed by atoms with van der Waals surface area (Å²) in [7, 11) is 1.96. The van der Waals surface area contributed by atoms with E-state index in [4.69, 9.17) is 0 Å². The van der Waals surface area contributed by atoms with Crippen molar-refractivity contribution in [2.75, 3.05) is 13.6 Å². The van der Waals surface area contributed by atoms with Crippen LogP contribution in [0.25, 0.3) is 22.4 Å². The maximum atomic E-state index is 13.5. The first-order valence-corrected chi connectivity index (χ1v) is 8.82. The van der Waals surface area contributed by atoms with Crippen LogP contribution in [-0.2, 0) is 0 Å². The van der Waals surface area contributed by atoms with Gasteiger partial charge in [0.1, 0.15) is 5.83 Å². The lowest BCUT2D eigenvalue weighted by atomic mass is 9.92. The van der Waals surface area contributed by atoms with Crippen molar-refractivity contribution in [3.05, 3.63) is 65.8 Å². The van der Waals surface area contributed by atoms with Crippen molar-refractivity contribution in [2.24, 2.45) is 0 Å². The molecule has 2 aromatic rings. The number of allylic oxidation sites excluding steroid dienone is 4. The predicted octanol–water partition coefficient (Wildman–Crippen LogP) is 5.91. The van der Waals surface area contributed by atoms with Crippen LogP contribution in [0.3, 0.4) is 0 Å². The van der Waals surface area contributed by atoms with Crippen molar-refractivity contribution in [3.63, 3.8) is 0 Å². The minimum absolute atomic E-state index is 0.0363. The van der Waals surface area contributed by atoms with E-state index in [9.17, 15) is 4.39 Å². The first-order chi connectivity index (χ1) is 12.1. The molecule has 0 radical (unpaired) electrons. The van der Waals surface area contributed by atoms with Crippen molar-refractivity contribution in [1.82, 2.24) is 10.3 Å². The number of hydrogen-bond acceptors (Lipinski definition) is 2. The molecule has 1 aliphatic carbocycles. The van der Waals surface area contributed by atoms with Crippen molar-refractivity contribution in [1.29, 1.82) is 0 Å². The first-order valence-electron chi connectivity index (χ1n) is 8.82. The Morgan fingerprint density at radius 1 is 1.24 bits per heavy atom. The molecule has 0 amide bonds. The third kappa shape index (κ3) is 5.10.